The minimum atomic E-state index is -4.62. The van der Waals surface area contributed by atoms with Gasteiger partial charge in [0.25, 0.3) is 0 Å². The Morgan fingerprint density at radius 3 is 2.42 bits per heavy atom. The first-order valence-electron chi connectivity index (χ1n) is 5.59. The summed E-state index contributed by atoms with van der Waals surface area (Å²) in [5, 5.41) is 8.70. The summed E-state index contributed by atoms with van der Waals surface area (Å²) >= 11 is 0. The predicted molar refractivity (Wildman–Crippen MR) is 61.5 cm³/mol. The number of carbonyl (C=O) groups is 1. The van der Waals surface area contributed by atoms with Gasteiger partial charge in [-0.1, -0.05) is 6.92 Å². The zero-order valence-electron chi connectivity index (χ0n) is 10.2. The van der Waals surface area contributed by atoms with Crippen molar-refractivity contribution < 1.29 is 27.5 Å². The van der Waals surface area contributed by atoms with Crippen LogP contribution in [-0.2, 0) is 11.0 Å². The number of benzene rings is 1. The van der Waals surface area contributed by atoms with E-state index >= 15 is 0 Å². The van der Waals surface area contributed by atoms with E-state index in [4.69, 9.17) is 5.11 Å². The third-order valence-corrected chi connectivity index (χ3v) is 2.44. The number of alkyl halides is 3. The number of aliphatic carboxylic acids is 1. The number of carboxylic acid groups (broad SMARTS) is 1. The number of hydrogen-bond acceptors (Lipinski definition) is 2. The molecule has 3 nitrogen and oxygen atoms in total. The van der Waals surface area contributed by atoms with E-state index in [1.807, 2.05) is 0 Å². The van der Waals surface area contributed by atoms with Gasteiger partial charge in [0.15, 0.2) is 0 Å². The maximum Gasteiger partial charge on any atom is 0.416 e. The van der Waals surface area contributed by atoms with Gasteiger partial charge >= 0.3 is 12.1 Å². The lowest BCUT2D eigenvalue weighted by atomic mass is 10.1. The van der Waals surface area contributed by atoms with E-state index in [1.54, 1.807) is 6.92 Å². The highest BCUT2D eigenvalue weighted by Gasteiger charge is 2.31. The molecule has 1 N–H and O–H groups in total. The van der Waals surface area contributed by atoms with Crippen molar-refractivity contribution in [1.29, 1.82) is 0 Å². The monoisotopic (exact) mass is 279 g/mol. The Kier molecular flexibility index (Phi) is 4.74. The fourth-order valence-corrected chi connectivity index (χ4v) is 1.66. The quantitative estimate of drug-likeness (QED) is 0.842. The smallest absolute Gasteiger partial charge is 0.416 e. The number of nitrogens with zero attached hydrogens (tertiary/aromatic N) is 1. The van der Waals surface area contributed by atoms with Crippen LogP contribution >= 0.6 is 0 Å². The van der Waals surface area contributed by atoms with Gasteiger partial charge in [0.05, 0.1) is 11.3 Å². The largest absolute Gasteiger partial charge is 0.480 e. The molecule has 0 fully saturated rings. The first-order chi connectivity index (χ1) is 8.75. The molecule has 0 saturated carbocycles. The number of anilines is 1. The van der Waals surface area contributed by atoms with Crippen molar-refractivity contribution in [3.8, 4) is 0 Å². The van der Waals surface area contributed by atoms with E-state index in [0.717, 1.165) is 12.1 Å². The van der Waals surface area contributed by atoms with Crippen molar-refractivity contribution in [3.05, 3.63) is 29.6 Å². The van der Waals surface area contributed by atoms with Crippen molar-refractivity contribution in [2.24, 2.45) is 0 Å². The Hall–Kier alpha value is -1.79. The molecule has 7 heteroatoms. The fraction of sp³-hybridized carbons (Fsp3) is 0.417. The molecule has 0 bridgehead atoms. The van der Waals surface area contributed by atoms with Crippen LogP contribution in [0.5, 0.6) is 0 Å². The third-order valence-electron chi connectivity index (χ3n) is 2.44. The molecule has 19 heavy (non-hydrogen) atoms. The van der Waals surface area contributed by atoms with Crippen LogP contribution in [0, 0.1) is 5.82 Å². The molecule has 0 aliphatic heterocycles. The Morgan fingerprint density at radius 2 is 2.00 bits per heavy atom. The van der Waals surface area contributed by atoms with Gasteiger partial charge in [-0.2, -0.15) is 13.2 Å². The van der Waals surface area contributed by atoms with Crippen LogP contribution in [0.3, 0.4) is 0 Å². The van der Waals surface area contributed by atoms with E-state index in [9.17, 15) is 22.4 Å². The van der Waals surface area contributed by atoms with Crippen molar-refractivity contribution in [2.75, 3.05) is 18.0 Å². The summed E-state index contributed by atoms with van der Waals surface area (Å²) < 4.78 is 50.8. The average Bonchev–Trinajstić information content (AvgIpc) is 2.26. The molecule has 0 atom stereocenters. The van der Waals surface area contributed by atoms with Crippen molar-refractivity contribution >= 4 is 11.7 Å². The number of hydrogen-bond donors (Lipinski definition) is 1. The summed E-state index contributed by atoms with van der Waals surface area (Å²) in [6.45, 7) is 1.54. The molecule has 1 rings (SSSR count). The van der Waals surface area contributed by atoms with E-state index in [1.165, 1.54) is 4.90 Å². The highest BCUT2D eigenvalue weighted by molar-refractivity contribution is 5.73. The summed E-state index contributed by atoms with van der Waals surface area (Å²) in [5.74, 6) is -2.25. The fourth-order valence-electron chi connectivity index (χ4n) is 1.66. The summed E-state index contributed by atoms with van der Waals surface area (Å²) in [7, 11) is 0. The highest BCUT2D eigenvalue weighted by atomic mass is 19.4. The topological polar surface area (TPSA) is 40.5 Å². The van der Waals surface area contributed by atoms with Crippen LogP contribution in [0.2, 0.25) is 0 Å². The van der Waals surface area contributed by atoms with Crippen LogP contribution in [0.15, 0.2) is 18.2 Å². The Balaban J connectivity index is 3.08. The Bertz CT molecular complexity index is 460. The van der Waals surface area contributed by atoms with Crippen LogP contribution < -0.4 is 4.90 Å². The second-order valence-corrected chi connectivity index (χ2v) is 3.98. The van der Waals surface area contributed by atoms with E-state index in [-0.39, 0.29) is 12.2 Å². The lowest BCUT2D eigenvalue weighted by Crippen LogP contribution is -2.31. The minimum Gasteiger partial charge on any atom is -0.480 e. The minimum absolute atomic E-state index is 0.141. The molecule has 0 unspecified atom stereocenters. The van der Waals surface area contributed by atoms with Gasteiger partial charge in [0.2, 0.25) is 0 Å². The van der Waals surface area contributed by atoms with Crippen molar-refractivity contribution in [3.63, 3.8) is 0 Å². The summed E-state index contributed by atoms with van der Waals surface area (Å²) in [6.07, 6.45) is -4.07. The van der Waals surface area contributed by atoms with E-state index < -0.39 is 30.1 Å². The van der Waals surface area contributed by atoms with Crippen molar-refractivity contribution in [2.45, 2.75) is 19.5 Å². The molecule has 0 aliphatic carbocycles. The summed E-state index contributed by atoms with van der Waals surface area (Å²) in [4.78, 5) is 11.8. The van der Waals surface area contributed by atoms with Crippen LogP contribution in [0.1, 0.15) is 18.9 Å². The Labute approximate surface area is 107 Å². The zero-order valence-corrected chi connectivity index (χ0v) is 10.2. The van der Waals surface area contributed by atoms with Crippen LogP contribution in [0.25, 0.3) is 0 Å². The van der Waals surface area contributed by atoms with Gasteiger partial charge in [-0.05, 0) is 24.6 Å². The normalized spacial score (nSPS) is 11.4. The molecular formula is C12H13F4NO2. The molecule has 0 aliphatic rings. The maximum atomic E-state index is 13.7. The lowest BCUT2D eigenvalue weighted by Gasteiger charge is -2.23. The van der Waals surface area contributed by atoms with E-state index in [2.05, 4.69) is 0 Å². The number of rotatable bonds is 5. The molecule has 0 spiro atoms. The Morgan fingerprint density at radius 1 is 1.37 bits per heavy atom. The summed E-state index contributed by atoms with van der Waals surface area (Å²) in [5.41, 5.74) is -1.24. The lowest BCUT2D eigenvalue weighted by molar-refractivity contribution is -0.138. The second-order valence-electron chi connectivity index (χ2n) is 3.98. The standard InChI is InChI=1S/C12H13F4NO2/c1-2-5-17(7-11(18)19)10-4-3-8(6-9(10)13)12(14,15)16/h3-4,6H,2,5,7H2,1H3,(H,18,19). The first kappa shape index (κ1) is 15.3. The zero-order chi connectivity index (χ0) is 14.6. The highest BCUT2D eigenvalue weighted by Crippen LogP contribution is 2.32. The van der Waals surface area contributed by atoms with E-state index in [0.29, 0.717) is 12.5 Å². The van der Waals surface area contributed by atoms with Gasteiger partial charge in [-0.25, -0.2) is 4.39 Å². The van der Waals surface area contributed by atoms with Gasteiger partial charge in [0.1, 0.15) is 12.4 Å². The maximum absolute atomic E-state index is 13.7. The molecule has 1 aromatic rings. The average molecular weight is 279 g/mol. The first-order valence-corrected chi connectivity index (χ1v) is 5.59. The molecule has 0 heterocycles. The second kappa shape index (κ2) is 5.90. The number of carboxylic acids is 1. The molecule has 1 aromatic carbocycles. The molecule has 0 aromatic heterocycles. The van der Waals surface area contributed by atoms with Gasteiger partial charge in [-0.3, -0.25) is 4.79 Å². The molecular weight excluding hydrogens is 266 g/mol. The SMILES string of the molecule is CCCN(CC(=O)O)c1ccc(C(F)(F)F)cc1F. The van der Waals surface area contributed by atoms with Crippen LogP contribution in [-0.4, -0.2) is 24.2 Å². The molecule has 0 radical (unpaired) electrons. The van der Waals surface area contributed by atoms with Crippen LogP contribution in [0.4, 0.5) is 23.2 Å². The van der Waals surface area contributed by atoms with Gasteiger partial charge < -0.3 is 10.0 Å². The molecule has 0 saturated heterocycles. The van der Waals surface area contributed by atoms with Gasteiger partial charge in [0, 0.05) is 6.54 Å². The third kappa shape index (κ3) is 4.11. The molecule has 0 amide bonds. The van der Waals surface area contributed by atoms with Crippen molar-refractivity contribution in [1.82, 2.24) is 0 Å². The summed E-state index contributed by atoms with van der Waals surface area (Å²) in [6, 6.07) is 2.07. The predicted octanol–water partition coefficient (Wildman–Crippen LogP) is 3.15. The number of halogens is 4. The molecule has 106 valence electrons. The van der Waals surface area contributed by atoms with Gasteiger partial charge in [-0.15, -0.1) is 0 Å².